The van der Waals surface area contributed by atoms with Gasteiger partial charge in [0.1, 0.15) is 11.6 Å². The topological polar surface area (TPSA) is 51.8 Å². The maximum atomic E-state index is 14.0. The van der Waals surface area contributed by atoms with E-state index in [9.17, 15) is 13.2 Å². The first-order chi connectivity index (χ1) is 16.5. The molecule has 10 heteroatoms. The molecule has 1 fully saturated rings. The lowest BCUT2D eigenvalue weighted by atomic mass is 10.1. The van der Waals surface area contributed by atoms with E-state index in [4.69, 9.17) is 0 Å². The summed E-state index contributed by atoms with van der Waals surface area (Å²) in [7, 11) is 0. The number of halogens is 3. The van der Waals surface area contributed by atoms with E-state index in [0.29, 0.717) is 22.7 Å². The molecule has 0 saturated carbocycles. The van der Waals surface area contributed by atoms with Crippen molar-refractivity contribution in [1.29, 1.82) is 0 Å². The monoisotopic (exact) mass is 486 g/mol. The van der Waals surface area contributed by atoms with Crippen LogP contribution in [0.15, 0.2) is 53.7 Å². The van der Waals surface area contributed by atoms with Gasteiger partial charge in [0.2, 0.25) is 0 Å². The van der Waals surface area contributed by atoms with Gasteiger partial charge in [-0.25, -0.2) is 9.37 Å². The van der Waals surface area contributed by atoms with Crippen LogP contribution in [0.2, 0.25) is 0 Å². The Hall–Kier alpha value is -2.85. The minimum atomic E-state index is -2.71. The molecule has 0 amide bonds. The Balaban J connectivity index is 1.50. The zero-order valence-electron chi connectivity index (χ0n) is 18.7. The fourth-order valence-electron chi connectivity index (χ4n) is 4.41. The van der Waals surface area contributed by atoms with Gasteiger partial charge >= 0.3 is 6.55 Å². The molecule has 2 aromatic carbocycles. The SMILES string of the molecule is CC(Sc1nnc(CN2CCCCC2)n1-c1ccc(F)cc1)c1nc2ccccc2n1C(F)F. The van der Waals surface area contributed by atoms with E-state index >= 15 is 0 Å². The molecule has 34 heavy (non-hydrogen) atoms. The van der Waals surface area contributed by atoms with Crippen molar-refractivity contribution in [3.63, 3.8) is 0 Å². The molecule has 5 rings (SSSR count). The van der Waals surface area contributed by atoms with Gasteiger partial charge in [-0.05, 0) is 69.3 Å². The number of thioether (sulfide) groups is 1. The Morgan fingerprint density at radius 2 is 1.71 bits per heavy atom. The van der Waals surface area contributed by atoms with Crippen LogP contribution in [0.3, 0.4) is 0 Å². The van der Waals surface area contributed by atoms with E-state index in [2.05, 4.69) is 20.1 Å². The largest absolute Gasteiger partial charge is 0.320 e. The van der Waals surface area contributed by atoms with Gasteiger partial charge in [-0.15, -0.1) is 10.2 Å². The van der Waals surface area contributed by atoms with Gasteiger partial charge in [-0.1, -0.05) is 30.3 Å². The Morgan fingerprint density at radius 3 is 2.44 bits per heavy atom. The molecule has 1 atom stereocenters. The van der Waals surface area contributed by atoms with E-state index in [-0.39, 0.29) is 11.6 Å². The summed E-state index contributed by atoms with van der Waals surface area (Å²) in [6.45, 7) is 1.73. The molecule has 178 valence electrons. The molecular formula is C24H25F3N6S. The molecule has 1 saturated heterocycles. The Morgan fingerprint density at radius 1 is 0.971 bits per heavy atom. The van der Waals surface area contributed by atoms with E-state index in [1.54, 1.807) is 36.4 Å². The minimum Gasteiger partial charge on any atom is -0.296 e. The molecule has 4 aromatic rings. The number of nitrogens with zero attached hydrogens (tertiary/aromatic N) is 6. The number of para-hydroxylation sites is 2. The van der Waals surface area contributed by atoms with Gasteiger partial charge in [0.15, 0.2) is 11.0 Å². The molecule has 3 heterocycles. The molecule has 1 aliphatic rings. The predicted molar refractivity (Wildman–Crippen MR) is 126 cm³/mol. The standard InChI is InChI=1S/C24H25F3N6S/c1-16(22-28-19-7-3-4-8-20(19)33(22)23(26)27)34-24-30-29-21(15-31-13-5-2-6-14-31)32(24)18-11-9-17(25)10-12-18/h3-4,7-12,16,23H,2,5-6,13-15H2,1H3. The van der Waals surface area contributed by atoms with Gasteiger partial charge in [-0.3, -0.25) is 14.0 Å². The van der Waals surface area contributed by atoms with E-state index in [1.165, 1.54) is 30.3 Å². The van der Waals surface area contributed by atoms with Crippen LogP contribution in [0.1, 0.15) is 49.6 Å². The first kappa shape index (κ1) is 22.9. The van der Waals surface area contributed by atoms with Crippen molar-refractivity contribution < 1.29 is 13.2 Å². The van der Waals surface area contributed by atoms with E-state index < -0.39 is 11.8 Å². The van der Waals surface area contributed by atoms with Crippen molar-refractivity contribution in [2.24, 2.45) is 0 Å². The van der Waals surface area contributed by atoms with E-state index in [1.807, 2.05) is 11.5 Å². The quantitative estimate of drug-likeness (QED) is 0.300. The molecule has 0 bridgehead atoms. The summed E-state index contributed by atoms with van der Waals surface area (Å²) in [5.41, 5.74) is 1.65. The first-order valence-electron chi connectivity index (χ1n) is 11.4. The summed E-state index contributed by atoms with van der Waals surface area (Å²) in [5, 5.41) is 8.97. The second kappa shape index (κ2) is 9.79. The molecule has 0 N–H and O–H groups in total. The summed E-state index contributed by atoms with van der Waals surface area (Å²) in [6.07, 6.45) is 3.52. The van der Waals surface area contributed by atoms with Crippen LogP contribution in [0.4, 0.5) is 13.2 Å². The highest BCUT2D eigenvalue weighted by atomic mass is 32.2. The lowest BCUT2D eigenvalue weighted by Gasteiger charge is -2.26. The lowest BCUT2D eigenvalue weighted by Crippen LogP contribution is -2.30. The van der Waals surface area contributed by atoms with Gasteiger partial charge in [0.05, 0.1) is 22.8 Å². The normalized spacial score (nSPS) is 15.9. The number of imidazole rings is 1. The number of hydrogen-bond acceptors (Lipinski definition) is 5. The first-order valence-corrected chi connectivity index (χ1v) is 12.2. The number of piperidine rings is 1. The lowest BCUT2D eigenvalue weighted by molar-refractivity contribution is 0.0715. The third-order valence-electron chi connectivity index (χ3n) is 6.06. The summed E-state index contributed by atoms with van der Waals surface area (Å²) in [5.74, 6) is 0.681. The highest BCUT2D eigenvalue weighted by molar-refractivity contribution is 7.99. The van der Waals surface area contributed by atoms with Crippen LogP contribution >= 0.6 is 11.8 Å². The zero-order valence-corrected chi connectivity index (χ0v) is 19.6. The summed E-state index contributed by atoms with van der Waals surface area (Å²) < 4.78 is 44.4. The summed E-state index contributed by atoms with van der Waals surface area (Å²) in [6, 6.07) is 13.0. The maximum absolute atomic E-state index is 14.0. The number of aromatic nitrogens is 5. The summed E-state index contributed by atoms with van der Waals surface area (Å²) >= 11 is 1.31. The third-order valence-corrected chi connectivity index (χ3v) is 7.10. The Labute approximate surface area is 199 Å². The average molecular weight is 487 g/mol. The summed E-state index contributed by atoms with van der Waals surface area (Å²) in [4.78, 5) is 6.83. The Bertz CT molecular complexity index is 1260. The van der Waals surface area contributed by atoms with Crippen molar-refractivity contribution in [3.8, 4) is 5.69 Å². The highest BCUT2D eigenvalue weighted by Crippen LogP contribution is 2.38. The maximum Gasteiger partial charge on any atom is 0.320 e. The van der Waals surface area contributed by atoms with Crippen LogP contribution in [0.5, 0.6) is 0 Å². The van der Waals surface area contributed by atoms with Gasteiger partial charge in [-0.2, -0.15) is 8.78 Å². The molecule has 1 unspecified atom stereocenters. The van der Waals surface area contributed by atoms with Gasteiger partial charge in [0.25, 0.3) is 0 Å². The fraction of sp³-hybridized carbons (Fsp3) is 0.375. The fourth-order valence-corrected chi connectivity index (χ4v) is 5.40. The van der Waals surface area contributed by atoms with Crippen molar-refractivity contribution in [2.75, 3.05) is 13.1 Å². The molecule has 1 aliphatic heterocycles. The van der Waals surface area contributed by atoms with Gasteiger partial charge in [0, 0.05) is 5.69 Å². The second-order valence-corrected chi connectivity index (χ2v) is 9.72. The van der Waals surface area contributed by atoms with Crippen molar-refractivity contribution in [1.82, 2.24) is 29.2 Å². The van der Waals surface area contributed by atoms with Crippen LogP contribution in [0.25, 0.3) is 16.7 Å². The number of likely N-dealkylation sites (tertiary alicyclic amines) is 1. The molecule has 6 nitrogen and oxygen atoms in total. The third kappa shape index (κ3) is 4.56. The smallest absolute Gasteiger partial charge is 0.296 e. The second-order valence-electron chi connectivity index (χ2n) is 8.41. The molecular weight excluding hydrogens is 461 g/mol. The average Bonchev–Trinajstić information content (AvgIpc) is 3.42. The number of rotatable bonds is 7. The van der Waals surface area contributed by atoms with Crippen molar-refractivity contribution in [3.05, 3.63) is 66.0 Å². The molecule has 0 aliphatic carbocycles. The number of fused-ring (bicyclic) bond motifs is 1. The van der Waals surface area contributed by atoms with E-state index in [0.717, 1.165) is 42.0 Å². The van der Waals surface area contributed by atoms with Crippen LogP contribution in [-0.2, 0) is 6.54 Å². The molecule has 2 aromatic heterocycles. The van der Waals surface area contributed by atoms with Crippen LogP contribution < -0.4 is 0 Å². The number of benzene rings is 2. The van der Waals surface area contributed by atoms with Gasteiger partial charge < -0.3 is 0 Å². The van der Waals surface area contributed by atoms with Crippen LogP contribution in [0, 0.1) is 5.82 Å². The minimum absolute atomic E-state index is 0.271. The zero-order chi connectivity index (χ0) is 23.7. The van der Waals surface area contributed by atoms with Crippen molar-refractivity contribution >= 4 is 22.8 Å². The Kier molecular flexibility index (Phi) is 6.60. The van der Waals surface area contributed by atoms with Crippen molar-refractivity contribution in [2.45, 2.75) is 49.7 Å². The number of alkyl halides is 2. The van der Waals surface area contributed by atoms with Crippen LogP contribution in [-0.4, -0.2) is 42.3 Å². The molecule has 0 radical (unpaired) electrons. The molecule has 0 spiro atoms. The number of hydrogen-bond donors (Lipinski definition) is 0. The predicted octanol–water partition coefficient (Wildman–Crippen LogP) is 5.99. The highest BCUT2D eigenvalue weighted by Gasteiger charge is 2.26.